The molecule has 4 heteroatoms. The third-order valence-corrected chi connectivity index (χ3v) is 4.18. The summed E-state index contributed by atoms with van der Waals surface area (Å²) in [5.74, 6) is 1.67. The summed E-state index contributed by atoms with van der Waals surface area (Å²) in [7, 11) is 0. The second kappa shape index (κ2) is 3.88. The summed E-state index contributed by atoms with van der Waals surface area (Å²) in [4.78, 5) is 11.6. The molecule has 13 heavy (non-hydrogen) atoms. The molecule has 0 aromatic heterocycles. The van der Waals surface area contributed by atoms with Crippen LogP contribution in [0.2, 0.25) is 0 Å². The average molecular weight is 200 g/mol. The molecule has 2 aliphatic heterocycles. The maximum atomic E-state index is 11.6. The van der Waals surface area contributed by atoms with Gasteiger partial charge >= 0.3 is 0 Å². The van der Waals surface area contributed by atoms with Gasteiger partial charge in [0.25, 0.3) is 0 Å². The number of carbonyl (C=O) groups excluding carboxylic acids is 1. The summed E-state index contributed by atoms with van der Waals surface area (Å²) in [6.07, 6.45) is 1.14. The van der Waals surface area contributed by atoms with Gasteiger partial charge in [-0.3, -0.25) is 4.79 Å². The van der Waals surface area contributed by atoms with Crippen LogP contribution in [0, 0.1) is 5.92 Å². The van der Waals surface area contributed by atoms with Crippen molar-refractivity contribution in [3.05, 3.63) is 0 Å². The molecule has 2 saturated heterocycles. The number of rotatable bonds is 2. The van der Waals surface area contributed by atoms with Crippen LogP contribution in [0.4, 0.5) is 0 Å². The molecule has 0 spiro atoms. The van der Waals surface area contributed by atoms with E-state index in [2.05, 4.69) is 17.6 Å². The Morgan fingerprint density at radius 1 is 1.54 bits per heavy atom. The fraction of sp³-hybridized carbons (Fsp3) is 0.889. The smallest absolute Gasteiger partial charge is 0.225 e. The van der Waals surface area contributed by atoms with Crippen LogP contribution < -0.4 is 10.6 Å². The van der Waals surface area contributed by atoms with Crippen molar-refractivity contribution < 1.29 is 4.79 Å². The lowest BCUT2D eigenvalue weighted by Gasteiger charge is -2.28. The molecule has 0 bridgehead atoms. The molecule has 2 N–H and O–H groups in total. The summed E-state index contributed by atoms with van der Waals surface area (Å²) in [5, 5.41) is 6.84. The van der Waals surface area contributed by atoms with Crippen molar-refractivity contribution in [2.45, 2.75) is 24.6 Å². The number of hydrogen-bond donors (Lipinski definition) is 2. The van der Waals surface area contributed by atoms with E-state index < -0.39 is 0 Å². The van der Waals surface area contributed by atoms with Crippen molar-refractivity contribution >= 4 is 17.7 Å². The molecule has 0 radical (unpaired) electrons. The molecule has 2 heterocycles. The Hall–Kier alpha value is -0.220. The first kappa shape index (κ1) is 9.34. The fourth-order valence-corrected chi connectivity index (χ4v) is 2.89. The highest BCUT2D eigenvalue weighted by Gasteiger charge is 2.30. The minimum atomic E-state index is 0.234. The van der Waals surface area contributed by atoms with E-state index in [1.165, 1.54) is 5.75 Å². The Labute approximate surface area is 83.0 Å². The van der Waals surface area contributed by atoms with Crippen LogP contribution in [0.25, 0.3) is 0 Å². The molecular weight excluding hydrogens is 184 g/mol. The van der Waals surface area contributed by atoms with E-state index in [0.717, 1.165) is 19.5 Å². The molecule has 0 aromatic carbocycles. The van der Waals surface area contributed by atoms with Crippen LogP contribution in [-0.4, -0.2) is 36.0 Å². The maximum Gasteiger partial charge on any atom is 0.225 e. The normalized spacial score (nSPS) is 34.2. The second-order valence-electron chi connectivity index (χ2n) is 3.83. The Bertz CT molecular complexity index is 206. The Balaban J connectivity index is 1.79. The van der Waals surface area contributed by atoms with Crippen LogP contribution in [-0.2, 0) is 4.79 Å². The molecule has 0 aliphatic carbocycles. The molecule has 2 aliphatic rings. The highest BCUT2D eigenvalue weighted by Crippen LogP contribution is 2.26. The van der Waals surface area contributed by atoms with E-state index >= 15 is 0 Å². The van der Waals surface area contributed by atoms with Gasteiger partial charge in [-0.2, -0.15) is 11.8 Å². The van der Waals surface area contributed by atoms with Gasteiger partial charge in [0.15, 0.2) is 0 Å². The summed E-state index contributed by atoms with van der Waals surface area (Å²) < 4.78 is 0. The standard InChI is InChI=1S/C9H16N2OS/c1-6-8(2-3-13-6)11-9(12)7-4-10-5-7/h6-8,10H,2-5H2,1H3,(H,11,12). The van der Waals surface area contributed by atoms with Gasteiger partial charge in [0.1, 0.15) is 0 Å². The average Bonchev–Trinajstić information content (AvgIpc) is 2.32. The molecular formula is C9H16N2OS. The Morgan fingerprint density at radius 2 is 2.31 bits per heavy atom. The summed E-state index contributed by atoms with van der Waals surface area (Å²) in [6.45, 7) is 3.92. The summed E-state index contributed by atoms with van der Waals surface area (Å²) >= 11 is 1.95. The van der Waals surface area contributed by atoms with E-state index in [-0.39, 0.29) is 11.8 Å². The fourth-order valence-electron chi connectivity index (χ4n) is 1.70. The SMILES string of the molecule is CC1SCCC1NC(=O)C1CNC1. The predicted molar refractivity (Wildman–Crippen MR) is 54.8 cm³/mol. The quantitative estimate of drug-likeness (QED) is 0.670. The molecule has 74 valence electrons. The monoisotopic (exact) mass is 200 g/mol. The Kier molecular flexibility index (Phi) is 2.79. The molecule has 0 aromatic rings. The van der Waals surface area contributed by atoms with Gasteiger partial charge in [0.05, 0.1) is 5.92 Å². The first-order chi connectivity index (χ1) is 6.27. The highest BCUT2D eigenvalue weighted by atomic mass is 32.2. The van der Waals surface area contributed by atoms with E-state index in [1.54, 1.807) is 0 Å². The molecule has 1 amide bonds. The van der Waals surface area contributed by atoms with Gasteiger partial charge in [-0.15, -0.1) is 0 Å². The third-order valence-electron chi connectivity index (χ3n) is 2.86. The highest BCUT2D eigenvalue weighted by molar-refractivity contribution is 8.00. The third kappa shape index (κ3) is 1.99. The van der Waals surface area contributed by atoms with E-state index in [1.807, 2.05) is 11.8 Å². The first-order valence-electron chi connectivity index (χ1n) is 4.90. The number of hydrogen-bond acceptors (Lipinski definition) is 3. The summed E-state index contributed by atoms with van der Waals surface area (Å²) in [6, 6.07) is 0.415. The van der Waals surface area contributed by atoms with Crippen molar-refractivity contribution in [3.8, 4) is 0 Å². The first-order valence-corrected chi connectivity index (χ1v) is 5.95. The molecule has 2 unspecified atom stereocenters. The number of nitrogens with one attached hydrogen (secondary N) is 2. The van der Waals surface area contributed by atoms with E-state index in [0.29, 0.717) is 11.3 Å². The molecule has 2 fully saturated rings. The van der Waals surface area contributed by atoms with Gasteiger partial charge in [-0.05, 0) is 12.2 Å². The number of carbonyl (C=O) groups is 1. The zero-order valence-corrected chi connectivity index (χ0v) is 8.69. The van der Waals surface area contributed by atoms with Crippen molar-refractivity contribution in [1.29, 1.82) is 0 Å². The molecule has 2 rings (SSSR count). The van der Waals surface area contributed by atoms with Gasteiger partial charge in [-0.1, -0.05) is 6.92 Å². The van der Waals surface area contributed by atoms with E-state index in [9.17, 15) is 4.79 Å². The molecule has 0 saturated carbocycles. The van der Waals surface area contributed by atoms with Crippen LogP contribution in [0.15, 0.2) is 0 Å². The lowest BCUT2D eigenvalue weighted by atomic mass is 10.0. The van der Waals surface area contributed by atoms with Crippen molar-refractivity contribution in [3.63, 3.8) is 0 Å². The minimum absolute atomic E-state index is 0.234. The van der Waals surface area contributed by atoms with Crippen LogP contribution >= 0.6 is 11.8 Å². The van der Waals surface area contributed by atoms with Gasteiger partial charge in [0, 0.05) is 24.4 Å². The van der Waals surface area contributed by atoms with Crippen molar-refractivity contribution in [2.75, 3.05) is 18.8 Å². The van der Waals surface area contributed by atoms with Crippen molar-refractivity contribution in [2.24, 2.45) is 5.92 Å². The van der Waals surface area contributed by atoms with E-state index in [4.69, 9.17) is 0 Å². The maximum absolute atomic E-state index is 11.6. The van der Waals surface area contributed by atoms with Crippen LogP contribution in [0.5, 0.6) is 0 Å². The van der Waals surface area contributed by atoms with Gasteiger partial charge < -0.3 is 10.6 Å². The zero-order chi connectivity index (χ0) is 9.26. The topological polar surface area (TPSA) is 41.1 Å². The predicted octanol–water partition coefficient (Wildman–Crippen LogP) is 0.216. The van der Waals surface area contributed by atoms with Gasteiger partial charge in [-0.25, -0.2) is 0 Å². The minimum Gasteiger partial charge on any atom is -0.352 e. The number of amides is 1. The summed E-state index contributed by atoms with van der Waals surface area (Å²) in [5.41, 5.74) is 0. The Morgan fingerprint density at radius 3 is 2.77 bits per heavy atom. The number of thioether (sulfide) groups is 1. The zero-order valence-electron chi connectivity index (χ0n) is 7.88. The van der Waals surface area contributed by atoms with Crippen LogP contribution in [0.1, 0.15) is 13.3 Å². The van der Waals surface area contributed by atoms with Gasteiger partial charge in [0.2, 0.25) is 5.91 Å². The van der Waals surface area contributed by atoms with Crippen LogP contribution in [0.3, 0.4) is 0 Å². The largest absolute Gasteiger partial charge is 0.352 e. The lowest BCUT2D eigenvalue weighted by Crippen LogP contribution is -2.53. The lowest BCUT2D eigenvalue weighted by molar-refractivity contribution is -0.127. The van der Waals surface area contributed by atoms with Crippen molar-refractivity contribution in [1.82, 2.24) is 10.6 Å². The second-order valence-corrected chi connectivity index (χ2v) is 5.32. The molecule has 3 nitrogen and oxygen atoms in total. The molecule has 2 atom stereocenters.